The first-order chi connectivity index (χ1) is 19.3. The summed E-state index contributed by atoms with van der Waals surface area (Å²) in [7, 11) is 0. The molecule has 182 valence electrons. The molecule has 39 heavy (non-hydrogen) atoms. The molecule has 2 heterocycles. The number of fused-ring (bicyclic) bond motifs is 3. The molecular weight excluding hydrogens is 476 g/mol. The summed E-state index contributed by atoms with van der Waals surface area (Å²) in [4.78, 5) is 8.20. The Hall–Kier alpha value is -5.46. The monoisotopic (exact) mass is 498 g/mol. The van der Waals surface area contributed by atoms with Crippen LogP contribution < -0.4 is 0 Å². The van der Waals surface area contributed by atoms with Crippen molar-refractivity contribution >= 4 is 27.6 Å². The van der Waals surface area contributed by atoms with Gasteiger partial charge in [0, 0.05) is 39.2 Å². The van der Waals surface area contributed by atoms with Crippen LogP contribution in [0.5, 0.6) is 0 Å². The van der Waals surface area contributed by atoms with Crippen LogP contribution in [-0.2, 0) is 0 Å². The molecule has 0 fully saturated rings. The van der Waals surface area contributed by atoms with Gasteiger partial charge in [-0.2, -0.15) is 0 Å². The number of furan rings is 1. The van der Waals surface area contributed by atoms with Gasteiger partial charge in [0.1, 0.15) is 11.2 Å². The Bertz CT molecular complexity index is 1980. The Labute approximate surface area is 226 Å². The molecule has 0 aliphatic heterocycles. The van der Waals surface area contributed by atoms with E-state index in [1.165, 1.54) is 0 Å². The quantitative estimate of drug-likeness (QED) is 0.226. The Balaban J connectivity index is 1.26. The number of aromatic nitrogens is 1. The molecule has 0 radical (unpaired) electrons. The fraction of sp³-hybridized carbons (Fsp3) is 0. The molecule has 0 bridgehead atoms. The molecule has 0 spiro atoms. The molecule has 0 saturated carbocycles. The van der Waals surface area contributed by atoms with E-state index >= 15 is 0 Å². The van der Waals surface area contributed by atoms with E-state index in [4.69, 9.17) is 11.0 Å². The Morgan fingerprint density at radius 3 is 1.62 bits per heavy atom. The van der Waals surface area contributed by atoms with Crippen LogP contribution in [0.3, 0.4) is 0 Å². The number of para-hydroxylation sites is 2. The smallest absolute Gasteiger partial charge is 0.187 e. The summed E-state index contributed by atoms with van der Waals surface area (Å²) < 4.78 is 6.58. The maximum atomic E-state index is 7.23. The third-order valence-corrected chi connectivity index (χ3v) is 7.19. The lowest BCUT2D eigenvalue weighted by atomic mass is 9.98. The molecule has 3 heteroatoms. The first-order valence-corrected chi connectivity index (χ1v) is 12.8. The van der Waals surface area contributed by atoms with E-state index in [1.807, 2.05) is 48.7 Å². The highest BCUT2D eigenvalue weighted by Gasteiger charge is 2.15. The van der Waals surface area contributed by atoms with Crippen LogP contribution in [0.1, 0.15) is 0 Å². The maximum Gasteiger partial charge on any atom is 0.187 e. The highest BCUT2D eigenvalue weighted by Crippen LogP contribution is 2.40. The zero-order chi connectivity index (χ0) is 26.2. The zero-order valence-corrected chi connectivity index (χ0v) is 21.0. The van der Waals surface area contributed by atoms with Gasteiger partial charge >= 0.3 is 0 Å². The number of pyridine rings is 1. The van der Waals surface area contributed by atoms with Crippen molar-refractivity contribution in [2.75, 3.05) is 0 Å². The number of hydrogen-bond donors (Lipinski definition) is 0. The SMILES string of the molecule is [C-]#[N+]c1ccc(-c2cccc3c2oc2c(-c4ccc(-c5ccc(-c6ccccc6)nc5)cc4)cccc23)cc1. The maximum absolute atomic E-state index is 7.23. The summed E-state index contributed by atoms with van der Waals surface area (Å²) in [5.74, 6) is 0. The second kappa shape index (κ2) is 9.45. The van der Waals surface area contributed by atoms with Crippen LogP contribution >= 0.6 is 0 Å². The Morgan fingerprint density at radius 2 is 1.05 bits per heavy atom. The second-order valence-electron chi connectivity index (χ2n) is 9.50. The lowest BCUT2D eigenvalue weighted by Gasteiger charge is -2.07. The van der Waals surface area contributed by atoms with E-state index in [-0.39, 0.29) is 0 Å². The highest BCUT2D eigenvalue weighted by molar-refractivity contribution is 6.13. The third kappa shape index (κ3) is 4.05. The lowest BCUT2D eigenvalue weighted by Crippen LogP contribution is -1.85. The zero-order valence-electron chi connectivity index (χ0n) is 21.0. The average Bonchev–Trinajstić information content (AvgIpc) is 3.41. The van der Waals surface area contributed by atoms with Crippen LogP contribution in [0, 0.1) is 6.57 Å². The van der Waals surface area contributed by atoms with Gasteiger partial charge in [-0.25, -0.2) is 4.85 Å². The summed E-state index contributed by atoms with van der Waals surface area (Å²) in [6, 6.07) is 43.2. The second-order valence-corrected chi connectivity index (χ2v) is 9.50. The Morgan fingerprint density at radius 1 is 0.487 bits per heavy atom. The topological polar surface area (TPSA) is 30.4 Å². The fourth-order valence-electron chi connectivity index (χ4n) is 5.18. The predicted molar refractivity (Wildman–Crippen MR) is 160 cm³/mol. The van der Waals surface area contributed by atoms with Crippen LogP contribution in [0.25, 0.3) is 71.4 Å². The Kier molecular flexibility index (Phi) is 5.50. The van der Waals surface area contributed by atoms with Crippen LogP contribution in [0.15, 0.2) is 138 Å². The first kappa shape index (κ1) is 22.7. The number of nitrogens with zero attached hydrogens (tertiary/aromatic N) is 2. The van der Waals surface area contributed by atoms with Gasteiger partial charge in [-0.15, -0.1) is 0 Å². The summed E-state index contributed by atoms with van der Waals surface area (Å²) in [6.07, 6.45) is 1.93. The largest absolute Gasteiger partial charge is 0.455 e. The van der Waals surface area contributed by atoms with Crippen molar-refractivity contribution in [2.24, 2.45) is 0 Å². The summed E-state index contributed by atoms with van der Waals surface area (Å²) in [5, 5.41) is 2.17. The van der Waals surface area contributed by atoms with Gasteiger partial charge in [-0.3, -0.25) is 4.98 Å². The molecular formula is C36H22N2O. The summed E-state index contributed by atoms with van der Waals surface area (Å²) >= 11 is 0. The van der Waals surface area contributed by atoms with Crippen LogP contribution in [0.4, 0.5) is 5.69 Å². The molecule has 0 N–H and O–H groups in total. The summed E-state index contributed by atoms with van der Waals surface area (Å²) in [5.41, 5.74) is 10.8. The van der Waals surface area contributed by atoms with Gasteiger partial charge in [0.25, 0.3) is 0 Å². The number of rotatable bonds is 4. The molecule has 7 aromatic rings. The number of hydrogen-bond acceptors (Lipinski definition) is 2. The molecule has 0 unspecified atom stereocenters. The van der Waals surface area contributed by atoms with Gasteiger partial charge in [-0.1, -0.05) is 121 Å². The number of benzene rings is 5. The van der Waals surface area contributed by atoms with Gasteiger partial charge < -0.3 is 4.42 Å². The van der Waals surface area contributed by atoms with Crippen molar-refractivity contribution in [3.8, 4) is 44.6 Å². The minimum absolute atomic E-state index is 0.629. The van der Waals surface area contributed by atoms with Gasteiger partial charge in [0.15, 0.2) is 5.69 Å². The molecule has 7 rings (SSSR count). The van der Waals surface area contributed by atoms with Gasteiger partial charge in [0.2, 0.25) is 0 Å². The van der Waals surface area contributed by atoms with E-state index in [2.05, 4.69) is 94.8 Å². The first-order valence-electron chi connectivity index (χ1n) is 12.8. The van der Waals surface area contributed by atoms with Crippen molar-refractivity contribution in [3.05, 3.63) is 145 Å². The lowest BCUT2D eigenvalue weighted by molar-refractivity contribution is 0.671. The minimum atomic E-state index is 0.629. The third-order valence-electron chi connectivity index (χ3n) is 7.19. The van der Waals surface area contributed by atoms with E-state index in [9.17, 15) is 0 Å². The van der Waals surface area contributed by atoms with E-state index in [0.717, 1.165) is 66.6 Å². The molecule has 0 saturated heterocycles. The summed E-state index contributed by atoms with van der Waals surface area (Å²) in [6.45, 7) is 7.23. The van der Waals surface area contributed by atoms with Crippen molar-refractivity contribution in [2.45, 2.75) is 0 Å². The minimum Gasteiger partial charge on any atom is -0.455 e. The molecule has 0 aliphatic carbocycles. The van der Waals surface area contributed by atoms with E-state index < -0.39 is 0 Å². The van der Waals surface area contributed by atoms with Crippen molar-refractivity contribution in [1.82, 2.24) is 4.98 Å². The molecule has 0 atom stereocenters. The van der Waals surface area contributed by atoms with Crippen LogP contribution in [0.2, 0.25) is 0 Å². The highest BCUT2D eigenvalue weighted by atomic mass is 16.3. The normalized spacial score (nSPS) is 11.1. The van der Waals surface area contributed by atoms with E-state index in [1.54, 1.807) is 0 Å². The van der Waals surface area contributed by atoms with Gasteiger partial charge in [-0.05, 0) is 22.8 Å². The molecule has 5 aromatic carbocycles. The predicted octanol–water partition coefficient (Wildman–Crippen LogP) is 10.2. The van der Waals surface area contributed by atoms with E-state index in [0.29, 0.717) is 5.69 Å². The molecule has 0 amide bonds. The van der Waals surface area contributed by atoms with Gasteiger partial charge in [0.05, 0.1) is 12.3 Å². The van der Waals surface area contributed by atoms with Crippen molar-refractivity contribution in [3.63, 3.8) is 0 Å². The van der Waals surface area contributed by atoms with Crippen LogP contribution in [-0.4, -0.2) is 4.98 Å². The standard InChI is InChI=1S/C36H22N2O/c1-37-29-20-17-26(18-21-29)31-10-6-12-33-32-11-5-9-30(35(32)39-36(31)33)25-15-13-24(14-16-25)28-19-22-34(38-23-28)27-7-3-2-4-8-27/h2-23H. The molecule has 0 aliphatic rings. The fourth-order valence-corrected chi connectivity index (χ4v) is 5.18. The molecule has 3 nitrogen and oxygen atoms in total. The van der Waals surface area contributed by atoms with Crippen molar-refractivity contribution < 1.29 is 4.42 Å². The molecule has 2 aromatic heterocycles. The average molecular weight is 499 g/mol. The van der Waals surface area contributed by atoms with Crippen molar-refractivity contribution in [1.29, 1.82) is 0 Å².